The van der Waals surface area contributed by atoms with Crippen molar-refractivity contribution in [2.24, 2.45) is 0 Å². The fourth-order valence-corrected chi connectivity index (χ4v) is 4.98. The summed E-state index contributed by atoms with van der Waals surface area (Å²) in [5.74, 6) is -0.621. The van der Waals surface area contributed by atoms with Crippen molar-refractivity contribution in [3.05, 3.63) is 63.6 Å². The molecule has 1 aromatic carbocycles. The Hall–Kier alpha value is -2.97. The fourth-order valence-electron chi connectivity index (χ4n) is 4.98. The maximum Gasteiger partial charge on any atom is 0.266 e. The maximum atomic E-state index is 14.6. The second-order valence-electron chi connectivity index (χ2n) is 8.74. The number of halogens is 4. The van der Waals surface area contributed by atoms with Crippen molar-refractivity contribution in [2.75, 3.05) is 5.32 Å². The molecule has 0 radical (unpaired) electrons. The van der Waals surface area contributed by atoms with E-state index in [4.69, 9.17) is 0 Å². The first-order valence-corrected chi connectivity index (χ1v) is 10.0. The van der Waals surface area contributed by atoms with E-state index in [1.807, 2.05) is 0 Å². The zero-order chi connectivity index (χ0) is 22.1. The van der Waals surface area contributed by atoms with Gasteiger partial charge in [-0.05, 0) is 13.8 Å². The summed E-state index contributed by atoms with van der Waals surface area (Å²) in [6.07, 6.45) is 0.925. The number of fused-ring (bicyclic) bond motifs is 1. The summed E-state index contributed by atoms with van der Waals surface area (Å²) < 4.78 is 56.4. The summed E-state index contributed by atoms with van der Waals surface area (Å²) in [5, 5.41) is 3.60. The predicted molar refractivity (Wildman–Crippen MR) is 108 cm³/mol. The second-order valence-corrected chi connectivity index (χ2v) is 8.74. The van der Waals surface area contributed by atoms with Gasteiger partial charge in [0, 0.05) is 36.6 Å². The molecule has 0 aliphatic heterocycles. The third-order valence-electron chi connectivity index (χ3n) is 6.60. The first-order valence-electron chi connectivity index (χ1n) is 10.0. The van der Waals surface area contributed by atoms with E-state index in [0.717, 1.165) is 6.07 Å². The minimum atomic E-state index is -2.92. The van der Waals surface area contributed by atoms with E-state index in [-0.39, 0.29) is 11.1 Å². The molecule has 0 unspecified atom stereocenters. The number of hydrogen-bond donors (Lipinski definition) is 1. The molecule has 3 fully saturated rings. The van der Waals surface area contributed by atoms with E-state index in [1.165, 1.54) is 18.5 Å². The average Bonchev–Trinajstić information content (AvgIpc) is 2.68. The molecule has 1 atom stereocenters. The summed E-state index contributed by atoms with van der Waals surface area (Å²) in [6, 6.07) is 3.20. The zero-order valence-corrected chi connectivity index (χ0v) is 16.9. The monoisotopic (exact) mass is 432 g/mol. The van der Waals surface area contributed by atoms with E-state index in [2.05, 4.69) is 15.3 Å². The predicted octanol–water partition coefficient (Wildman–Crippen LogP) is 4.95. The van der Waals surface area contributed by atoms with Crippen molar-refractivity contribution >= 4 is 16.7 Å². The Morgan fingerprint density at radius 3 is 2.48 bits per heavy atom. The number of rotatable bonds is 5. The minimum absolute atomic E-state index is 0.0772. The van der Waals surface area contributed by atoms with E-state index in [1.54, 1.807) is 24.6 Å². The summed E-state index contributed by atoms with van der Waals surface area (Å²) in [5.41, 5.74) is -1.63. The Balaban J connectivity index is 1.56. The number of aromatic nitrogens is 3. The van der Waals surface area contributed by atoms with Gasteiger partial charge in [0.2, 0.25) is 0 Å². The van der Waals surface area contributed by atoms with Gasteiger partial charge in [0.1, 0.15) is 23.6 Å². The molecule has 5 nitrogen and oxygen atoms in total. The van der Waals surface area contributed by atoms with Gasteiger partial charge in [-0.25, -0.2) is 27.5 Å². The number of benzene rings is 1. The van der Waals surface area contributed by atoms with Crippen LogP contribution in [0.3, 0.4) is 0 Å². The van der Waals surface area contributed by atoms with Crippen LogP contribution in [0.2, 0.25) is 0 Å². The van der Waals surface area contributed by atoms with Gasteiger partial charge in [-0.15, -0.1) is 0 Å². The van der Waals surface area contributed by atoms with Gasteiger partial charge in [-0.1, -0.05) is 18.2 Å². The van der Waals surface area contributed by atoms with Crippen LogP contribution >= 0.6 is 0 Å². The fraction of sp³-hybridized carbons (Fsp3) is 0.409. The standard InChI is InChI=1S/C22H20F4N4O/c1-11-17-15(6-30(20(11)31)22-7-21(26,8-22)9-22)19(28-10-27-17)29-12(2)13-4-3-5-14(16(13)23)18(24)25/h3-6,10,12,18H,7-9H2,1-2H3,(H,27,28,29)/t12-,21?,22?/m0/s1. The van der Waals surface area contributed by atoms with Gasteiger partial charge >= 0.3 is 0 Å². The normalized spacial score (nSPS) is 25.3. The molecule has 0 amide bonds. The number of hydrogen-bond acceptors (Lipinski definition) is 4. The number of nitrogens with one attached hydrogen (secondary N) is 1. The van der Waals surface area contributed by atoms with E-state index in [0.29, 0.717) is 41.5 Å². The molecule has 3 saturated carbocycles. The summed E-state index contributed by atoms with van der Waals surface area (Å²) in [6.45, 7) is 3.29. The van der Waals surface area contributed by atoms with Crippen LogP contribution < -0.4 is 10.9 Å². The Bertz CT molecular complexity index is 1250. The van der Waals surface area contributed by atoms with Gasteiger partial charge < -0.3 is 9.88 Å². The molecule has 31 heavy (non-hydrogen) atoms. The Labute approximate surface area is 175 Å². The Morgan fingerprint density at radius 2 is 1.84 bits per heavy atom. The third-order valence-corrected chi connectivity index (χ3v) is 6.60. The van der Waals surface area contributed by atoms with Gasteiger partial charge in [0.25, 0.3) is 12.0 Å². The molecule has 6 rings (SSSR count). The molecule has 2 heterocycles. The molecule has 0 spiro atoms. The number of alkyl halides is 3. The first-order chi connectivity index (χ1) is 14.6. The van der Waals surface area contributed by atoms with Gasteiger partial charge in [0.05, 0.1) is 28.0 Å². The lowest BCUT2D eigenvalue weighted by Crippen LogP contribution is -2.71. The molecule has 3 aromatic rings. The minimum Gasteiger partial charge on any atom is -0.363 e. The van der Waals surface area contributed by atoms with Gasteiger partial charge in [-0.2, -0.15) is 0 Å². The number of anilines is 1. The second kappa shape index (κ2) is 6.51. The highest BCUT2D eigenvalue weighted by atomic mass is 19.3. The maximum absolute atomic E-state index is 14.6. The summed E-state index contributed by atoms with van der Waals surface area (Å²) >= 11 is 0. The van der Waals surface area contributed by atoms with Gasteiger partial charge in [0.15, 0.2) is 0 Å². The third kappa shape index (κ3) is 2.85. The van der Waals surface area contributed by atoms with Crippen molar-refractivity contribution in [3.8, 4) is 0 Å². The Kier molecular flexibility index (Phi) is 4.19. The van der Waals surface area contributed by atoms with Gasteiger partial charge in [-0.3, -0.25) is 4.79 Å². The van der Waals surface area contributed by atoms with Crippen molar-refractivity contribution in [2.45, 2.75) is 56.8 Å². The molecule has 1 N–H and O–H groups in total. The van der Waals surface area contributed by atoms with Crippen LogP contribution in [0.5, 0.6) is 0 Å². The van der Waals surface area contributed by atoms with Crippen LogP contribution in [-0.4, -0.2) is 20.2 Å². The molecule has 2 aromatic heterocycles. The van der Waals surface area contributed by atoms with Crippen LogP contribution in [0, 0.1) is 12.7 Å². The van der Waals surface area contributed by atoms with Crippen molar-refractivity contribution < 1.29 is 17.6 Å². The molecule has 9 heteroatoms. The van der Waals surface area contributed by atoms with E-state index >= 15 is 0 Å². The molecular weight excluding hydrogens is 412 g/mol. The SMILES string of the molecule is Cc1c(=O)n(C23CC(F)(C2)C3)cc2c(N[C@@H](C)c3cccc(C(F)F)c3F)ncnc12. The highest BCUT2D eigenvalue weighted by molar-refractivity contribution is 5.90. The molecule has 3 aliphatic rings. The molecule has 2 bridgehead atoms. The average molecular weight is 432 g/mol. The van der Waals surface area contributed by atoms with Crippen molar-refractivity contribution in [1.29, 1.82) is 0 Å². The van der Waals surface area contributed by atoms with Crippen molar-refractivity contribution in [3.63, 3.8) is 0 Å². The van der Waals surface area contributed by atoms with Crippen LogP contribution in [0.1, 0.15) is 55.3 Å². The molecule has 162 valence electrons. The number of aryl methyl sites for hydroxylation is 1. The Morgan fingerprint density at radius 1 is 1.16 bits per heavy atom. The molecular formula is C22H20F4N4O. The summed E-state index contributed by atoms with van der Waals surface area (Å²) in [7, 11) is 0. The van der Waals surface area contributed by atoms with E-state index in [9.17, 15) is 22.4 Å². The van der Waals surface area contributed by atoms with Crippen LogP contribution in [-0.2, 0) is 5.54 Å². The molecule has 3 aliphatic carbocycles. The van der Waals surface area contributed by atoms with Crippen molar-refractivity contribution in [1.82, 2.24) is 14.5 Å². The lowest BCUT2D eigenvalue weighted by Gasteiger charge is -2.66. The lowest BCUT2D eigenvalue weighted by molar-refractivity contribution is -0.199. The lowest BCUT2D eigenvalue weighted by atomic mass is 9.47. The smallest absolute Gasteiger partial charge is 0.266 e. The van der Waals surface area contributed by atoms with Crippen LogP contribution in [0.15, 0.2) is 35.5 Å². The highest BCUT2D eigenvalue weighted by Gasteiger charge is 2.70. The highest BCUT2D eigenvalue weighted by Crippen LogP contribution is 2.67. The molecule has 0 saturated heterocycles. The summed E-state index contributed by atoms with van der Waals surface area (Å²) in [4.78, 5) is 21.4. The van der Waals surface area contributed by atoms with Crippen LogP contribution in [0.4, 0.5) is 23.4 Å². The zero-order valence-electron chi connectivity index (χ0n) is 16.9. The van der Waals surface area contributed by atoms with Crippen LogP contribution in [0.25, 0.3) is 10.9 Å². The number of pyridine rings is 1. The number of nitrogens with zero attached hydrogens (tertiary/aromatic N) is 3. The van der Waals surface area contributed by atoms with E-state index < -0.39 is 35.1 Å². The topological polar surface area (TPSA) is 59.8 Å². The largest absolute Gasteiger partial charge is 0.363 e. The first kappa shape index (κ1) is 20.0. The quantitative estimate of drug-likeness (QED) is 0.580.